The van der Waals surface area contributed by atoms with Crippen LogP contribution in [-0.4, -0.2) is 25.8 Å². The molecule has 13 heavy (non-hydrogen) atoms. The predicted octanol–water partition coefficient (Wildman–Crippen LogP) is -0.217. The van der Waals surface area contributed by atoms with Crippen LogP contribution < -0.4 is 5.73 Å². The van der Waals surface area contributed by atoms with Crippen LogP contribution in [0, 0.1) is 5.92 Å². The van der Waals surface area contributed by atoms with Gasteiger partial charge in [-0.25, -0.2) is 4.98 Å². The summed E-state index contributed by atoms with van der Waals surface area (Å²) in [6, 6.07) is 0. The second-order valence-corrected chi connectivity index (χ2v) is 3.22. The van der Waals surface area contributed by atoms with Crippen molar-refractivity contribution in [3.05, 3.63) is 12.2 Å². The first kappa shape index (κ1) is 8.03. The first-order chi connectivity index (χ1) is 6.29. The molecule has 2 rings (SSSR count). The fourth-order valence-corrected chi connectivity index (χ4v) is 1.11. The summed E-state index contributed by atoms with van der Waals surface area (Å²) in [6.45, 7) is 0.881. The molecular weight excluding hydrogens is 170 g/mol. The van der Waals surface area contributed by atoms with Crippen LogP contribution in [0.4, 0.5) is 0 Å². The molecule has 1 aromatic heterocycles. The molecular formula is C7H11N5O. The molecule has 1 heterocycles. The normalized spacial score (nSPS) is 17.7. The Labute approximate surface area is 75.1 Å². The molecule has 6 heteroatoms. The molecule has 1 aliphatic rings. The van der Waals surface area contributed by atoms with E-state index in [-0.39, 0.29) is 11.7 Å². The van der Waals surface area contributed by atoms with Crippen molar-refractivity contribution in [2.45, 2.75) is 19.4 Å². The molecule has 1 fully saturated rings. The van der Waals surface area contributed by atoms with Crippen molar-refractivity contribution >= 4 is 5.84 Å². The Balaban J connectivity index is 2.07. The topological polar surface area (TPSA) is 89.3 Å². The van der Waals surface area contributed by atoms with E-state index in [1.807, 2.05) is 0 Å². The number of nitrogens with zero attached hydrogens (tertiary/aromatic N) is 4. The zero-order chi connectivity index (χ0) is 9.26. The Hall–Kier alpha value is -1.59. The maximum atomic E-state index is 8.37. The van der Waals surface area contributed by atoms with Crippen LogP contribution in [0.15, 0.2) is 11.5 Å². The Bertz CT molecular complexity index is 327. The molecule has 0 saturated heterocycles. The Kier molecular flexibility index (Phi) is 1.88. The van der Waals surface area contributed by atoms with Crippen molar-refractivity contribution in [3.63, 3.8) is 0 Å². The highest BCUT2D eigenvalue weighted by atomic mass is 16.4. The molecule has 0 aliphatic heterocycles. The van der Waals surface area contributed by atoms with Gasteiger partial charge in [-0.3, -0.25) is 4.68 Å². The summed E-state index contributed by atoms with van der Waals surface area (Å²) in [6.07, 6.45) is 4.13. The number of hydrogen-bond donors (Lipinski definition) is 2. The lowest BCUT2D eigenvalue weighted by Crippen LogP contribution is -2.15. The van der Waals surface area contributed by atoms with E-state index in [0.29, 0.717) is 0 Å². The largest absolute Gasteiger partial charge is 0.409 e. The molecule has 0 amide bonds. The SMILES string of the molecule is NC(=NO)c1ncn(CC2CC2)n1. The van der Waals surface area contributed by atoms with Gasteiger partial charge >= 0.3 is 0 Å². The van der Waals surface area contributed by atoms with Crippen LogP contribution in [0.2, 0.25) is 0 Å². The highest BCUT2D eigenvalue weighted by Gasteiger charge is 2.22. The van der Waals surface area contributed by atoms with E-state index in [0.717, 1.165) is 12.5 Å². The highest BCUT2D eigenvalue weighted by molar-refractivity contribution is 5.93. The fraction of sp³-hybridized carbons (Fsp3) is 0.571. The second kappa shape index (κ2) is 3.04. The van der Waals surface area contributed by atoms with Crippen molar-refractivity contribution in [2.24, 2.45) is 16.8 Å². The van der Waals surface area contributed by atoms with Crippen LogP contribution in [-0.2, 0) is 6.54 Å². The first-order valence-corrected chi connectivity index (χ1v) is 4.17. The van der Waals surface area contributed by atoms with Gasteiger partial charge in [0.25, 0.3) is 0 Å². The number of amidine groups is 1. The van der Waals surface area contributed by atoms with E-state index in [1.54, 1.807) is 11.0 Å². The molecule has 1 saturated carbocycles. The van der Waals surface area contributed by atoms with Gasteiger partial charge in [-0.15, -0.1) is 5.10 Å². The number of hydrogen-bond acceptors (Lipinski definition) is 4. The van der Waals surface area contributed by atoms with Gasteiger partial charge in [-0.1, -0.05) is 5.16 Å². The highest BCUT2D eigenvalue weighted by Crippen LogP contribution is 2.30. The van der Waals surface area contributed by atoms with E-state index in [1.165, 1.54) is 12.8 Å². The van der Waals surface area contributed by atoms with Crippen LogP contribution in [0.1, 0.15) is 18.7 Å². The second-order valence-electron chi connectivity index (χ2n) is 3.22. The Morgan fingerprint density at radius 2 is 2.54 bits per heavy atom. The summed E-state index contributed by atoms with van der Waals surface area (Å²) in [4.78, 5) is 3.90. The minimum atomic E-state index is -0.0467. The molecule has 3 N–H and O–H groups in total. The summed E-state index contributed by atoms with van der Waals surface area (Å²) < 4.78 is 1.73. The van der Waals surface area contributed by atoms with Crippen molar-refractivity contribution in [1.29, 1.82) is 0 Å². The summed E-state index contributed by atoms with van der Waals surface area (Å²) >= 11 is 0. The molecule has 6 nitrogen and oxygen atoms in total. The van der Waals surface area contributed by atoms with Gasteiger partial charge in [0.2, 0.25) is 11.7 Å². The molecule has 0 spiro atoms. The van der Waals surface area contributed by atoms with Crippen molar-refractivity contribution in [3.8, 4) is 0 Å². The monoisotopic (exact) mass is 181 g/mol. The van der Waals surface area contributed by atoms with Crippen LogP contribution in [0.25, 0.3) is 0 Å². The summed E-state index contributed by atoms with van der Waals surface area (Å²) in [5, 5.41) is 15.2. The molecule has 1 aliphatic carbocycles. The van der Waals surface area contributed by atoms with E-state index < -0.39 is 0 Å². The zero-order valence-corrected chi connectivity index (χ0v) is 7.09. The van der Waals surface area contributed by atoms with Crippen molar-refractivity contribution < 1.29 is 5.21 Å². The lowest BCUT2D eigenvalue weighted by atomic mass is 10.4. The quantitative estimate of drug-likeness (QED) is 0.292. The van der Waals surface area contributed by atoms with E-state index in [2.05, 4.69) is 15.2 Å². The number of nitrogens with two attached hydrogens (primary N) is 1. The van der Waals surface area contributed by atoms with Crippen molar-refractivity contribution in [1.82, 2.24) is 14.8 Å². The van der Waals surface area contributed by atoms with Gasteiger partial charge < -0.3 is 10.9 Å². The Morgan fingerprint density at radius 3 is 3.15 bits per heavy atom. The van der Waals surface area contributed by atoms with E-state index in [4.69, 9.17) is 10.9 Å². The maximum absolute atomic E-state index is 8.37. The smallest absolute Gasteiger partial charge is 0.219 e. The van der Waals surface area contributed by atoms with Gasteiger partial charge in [-0.05, 0) is 18.8 Å². The van der Waals surface area contributed by atoms with Crippen molar-refractivity contribution in [2.75, 3.05) is 0 Å². The molecule has 1 aromatic rings. The zero-order valence-electron chi connectivity index (χ0n) is 7.09. The van der Waals surface area contributed by atoms with Gasteiger partial charge in [-0.2, -0.15) is 0 Å². The predicted molar refractivity (Wildman–Crippen MR) is 45.3 cm³/mol. The van der Waals surface area contributed by atoms with E-state index >= 15 is 0 Å². The average molecular weight is 181 g/mol. The van der Waals surface area contributed by atoms with Crippen LogP contribution >= 0.6 is 0 Å². The lowest BCUT2D eigenvalue weighted by molar-refractivity contribution is 0.318. The third-order valence-corrected chi connectivity index (χ3v) is 2.02. The Morgan fingerprint density at radius 1 is 1.77 bits per heavy atom. The molecule has 0 atom stereocenters. The standard InChI is InChI=1S/C7H11N5O/c8-6(11-13)7-9-4-12(10-7)3-5-1-2-5/h4-5,13H,1-3H2,(H2,8,11). The number of rotatable bonds is 3. The summed E-state index contributed by atoms with van der Waals surface area (Å²) in [5.74, 6) is 0.972. The minimum Gasteiger partial charge on any atom is -0.409 e. The fourth-order valence-electron chi connectivity index (χ4n) is 1.11. The number of aromatic nitrogens is 3. The average Bonchev–Trinajstić information content (AvgIpc) is 2.81. The molecule has 0 aromatic carbocycles. The number of oxime groups is 1. The molecule has 0 bridgehead atoms. The third kappa shape index (κ3) is 1.77. The molecule has 0 radical (unpaired) electrons. The van der Waals surface area contributed by atoms with Gasteiger partial charge in [0, 0.05) is 6.54 Å². The van der Waals surface area contributed by atoms with Crippen LogP contribution in [0.3, 0.4) is 0 Å². The van der Waals surface area contributed by atoms with E-state index in [9.17, 15) is 0 Å². The summed E-state index contributed by atoms with van der Waals surface area (Å²) in [5.41, 5.74) is 5.32. The minimum absolute atomic E-state index is 0.0467. The maximum Gasteiger partial charge on any atom is 0.219 e. The third-order valence-electron chi connectivity index (χ3n) is 2.02. The van der Waals surface area contributed by atoms with Gasteiger partial charge in [0.1, 0.15) is 6.33 Å². The molecule has 0 unspecified atom stereocenters. The van der Waals surface area contributed by atoms with Gasteiger partial charge in [0.15, 0.2) is 0 Å². The summed E-state index contributed by atoms with van der Waals surface area (Å²) in [7, 11) is 0. The first-order valence-electron chi connectivity index (χ1n) is 4.17. The molecule has 70 valence electrons. The lowest BCUT2D eigenvalue weighted by Gasteiger charge is -1.95. The van der Waals surface area contributed by atoms with Crippen LogP contribution in [0.5, 0.6) is 0 Å². The van der Waals surface area contributed by atoms with Gasteiger partial charge in [0.05, 0.1) is 0 Å².